The zero-order valence-electron chi connectivity index (χ0n) is 9.97. The van der Waals surface area contributed by atoms with Gasteiger partial charge in [-0.05, 0) is 18.1 Å². The second-order valence-corrected chi connectivity index (χ2v) is 4.43. The number of benzene rings is 1. The standard InChI is InChI=1S/C12H15ClN2O3/c13-9-10-2-3-11(12(8-10)15(16)17)14-4-1-6-18-7-5-14/h2-3,8H,1,4-7,9H2. The number of nitrogens with zero attached hydrogens (tertiary/aromatic N) is 2. The van der Waals surface area contributed by atoms with Crippen LogP contribution in [0.4, 0.5) is 11.4 Å². The van der Waals surface area contributed by atoms with Crippen LogP contribution in [0.25, 0.3) is 0 Å². The number of hydrogen-bond donors (Lipinski definition) is 0. The van der Waals surface area contributed by atoms with Crippen molar-refractivity contribution in [2.75, 3.05) is 31.2 Å². The van der Waals surface area contributed by atoms with Gasteiger partial charge in [-0.2, -0.15) is 0 Å². The molecule has 0 amide bonds. The first-order valence-corrected chi connectivity index (χ1v) is 6.42. The highest BCUT2D eigenvalue weighted by molar-refractivity contribution is 6.17. The normalized spacial score (nSPS) is 16.4. The molecule has 1 fully saturated rings. The van der Waals surface area contributed by atoms with Crippen LogP contribution >= 0.6 is 11.6 Å². The Labute approximate surface area is 110 Å². The minimum absolute atomic E-state index is 0.120. The van der Waals surface area contributed by atoms with E-state index in [1.807, 2.05) is 11.0 Å². The quantitative estimate of drug-likeness (QED) is 0.481. The first kappa shape index (κ1) is 13.1. The molecule has 0 bridgehead atoms. The topological polar surface area (TPSA) is 55.6 Å². The van der Waals surface area contributed by atoms with Gasteiger partial charge in [-0.15, -0.1) is 11.6 Å². The number of halogens is 1. The highest BCUT2D eigenvalue weighted by Gasteiger charge is 2.20. The zero-order valence-corrected chi connectivity index (χ0v) is 10.7. The van der Waals surface area contributed by atoms with Crippen LogP contribution < -0.4 is 4.90 Å². The fourth-order valence-electron chi connectivity index (χ4n) is 2.05. The van der Waals surface area contributed by atoms with E-state index in [4.69, 9.17) is 16.3 Å². The van der Waals surface area contributed by atoms with E-state index >= 15 is 0 Å². The van der Waals surface area contributed by atoms with Gasteiger partial charge in [-0.25, -0.2) is 0 Å². The van der Waals surface area contributed by atoms with Crippen LogP contribution in [0, 0.1) is 10.1 Å². The molecule has 18 heavy (non-hydrogen) atoms. The summed E-state index contributed by atoms with van der Waals surface area (Å²) in [5.74, 6) is 0.282. The van der Waals surface area contributed by atoms with Gasteiger partial charge in [0.1, 0.15) is 5.69 Å². The Bertz CT molecular complexity index is 431. The molecule has 0 spiro atoms. The summed E-state index contributed by atoms with van der Waals surface area (Å²) in [6.07, 6.45) is 0.883. The van der Waals surface area contributed by atoms with Crippen molar-refractivity contribution in [3.8, 4) is 0 Å². The Morgan fingerprint density at radius 1 is 1.39 bits per heavy atom. The molecule has 0 N–H and O–H groups in total. The Kier molecular flexibility index (Phi) is 4.38. The van der Waals surface area contributed by atoms with Crippen LogP contribution in [0.5, 0.6) is 0 Å². The van der Waals surface area contributed by atoms with Crippen LogP contribution in [-0.2, 0) is 10.6 Å². The minimum atomic E-state index is -0.350. The van der Waals surface area contributed by atoms with Crippen molar-refractivity contribution in [1.82, 2.24) is 0 Å². The van der Waals surface area contributed by atoms with E-state index in [0.29, 0.717) is 25.4 Å². The molecule has 0 unspecified atom stereocenters. The molecule has 0 aliphatic carbocycles. The van der Waals surface area contributed by atoms with Gasteiger partial charge in [-0.1, -0.05) is 6.07 Å². The SMILES string of the molecule is O=[N+]([O-])c1cc(CCl)ccc1N1CCCOCC1. The van der Waals surface area contributed by atoms with Crippen molar-refractivity contribution in [3.63, 3.8) is 0 Å². The summed E-state index contributed by atoms with van der Waals surface area (Å²) in [6, 6.07) is 5.16. The predicted molar refractivity (Wildman–Crippen MR) is 70.3 cm³/mol. The van der Waals surface area contributed by atoms with Gasteiger partial charge in [0.15, 0.2) is 0 Å². The molecule has 0 atom stereocenters. The van der Waals surface area contributed by atoms with Crippen LogP contribution in [0.1, 0.15) is 12.0 Å². The summed E-state index contributed by atoms with van der Waals surface area (Å²) in [5, 5.41) is 11.1. The second-order valence-electron chi connectivity index (χ2n) is 4.17. The predicted octanol–water partition coefficient (Wildman–Crippen LogP) is 2.56. The van der Waals surface area contributed by atoms with Gasteiger partial charge in [0.05, 0.1) is 11.5 Å². The Morgan fingerprint density at radius 2 is 2.22 bits per heavy atom. The van der Waals surface area contributed by atoms with Gasteiger partial charge < -0.3 is 9.64 Å². The summed E-state index contributed by atoms with van der Waals surface area (Å²) >= 11 is 5.71. The number of nitro benzene ring substituents is 1. The molecule has 1 saturated heterocycles. The smallest absolute Gasteiger partial charge is 0.292 e. The zero-order chi connectivity index (χ0) is 13.0. The lowest BCUT2D eigenvalue weighted by Gasteiger charge is -2.21. The molecule has 1 aliphatic heterocycles. The molecule has 1 aliphatic rings. The molecular formula is C12H15ClN2O3. The molecule has 1 heterocycles. The fourth-order valence-corrected chi connectivity index (χ4v) is 2.22. The maximum Gasteiger partial charge on any atom is 0.292 e. The van der Waals surface area contributed by atoms with Gasteiger partial charge >= 0.3 is 0 Å². The maximum atomic E-state index is 11.1. The molecule has 0 aromatic heterocycles. The lowest BCUT2D eigenvalue weighted by atomic mass is 10.1. The van der Waals surface area contributed by atoms with E-state index in [9.17, 15) is 10.1 Å². The summed E-state index contributed by atoms with van der Waals surface area (Å²) in [7, 11) is 0. The van der Waals surface area contributed by atoms with E-state index in [1.165, 1.54) is 0 Å². The van der Waals surface area contributed by atoms with Crippen LogP contribution in [-0.4, -0.2) is 31.2 Å². The molecular weight excluding hydrogens is 256 g/mol. The van der Waals surface area contributed by atoms with Crippen LogP contribution in [0.15, 0.2) is 18.2 Å². The maximum absolute atomic E-state index is 11.1. The van der Waals surface area contributed by atoms with Crippen LogP contribution in [0.2, 0.25) is 0 Å². The summed E-state index contributed by atoms with van der Waals surface area (Å²) < 4.78 is 5.36. The molecule has 5 nitrogen and oxygen atoms in total. The molecule has 1 aromatic carbocycles. The second kappa shape index (κ2) is 6.02. The lowest BCUT2D eigenvalue weighted by Crippen LogP contribution is -2.26. The van der Waals surface area contributed by atoms with Gasteiger partial charge in [-0.3, -0.25) is 10.1 Å². The molecule has 6 heteroatoms. The Balaban J connectivity index is 2.32. The number of alkyl halides is 1. The number of hydrogen-bond acceptors (Lipinski definition) is 4. The third-order valence-corrected chi connectivity index (χ3v) is 3.26. The van der Waals surface area contributed by atoms with Crippen molar-refractivity contribution in [3.05, 3.63) is 33.9 Å². The fraction of sp³-hybridized carbons (Fsp3) is 0.500. The van der Waals surface area contributed by atoms with E-state index in [1.54, 1.807) is 12.1 Å². The van der Waals surface area contributed by atoms with Crippen molar-refractivity contribution >= 4 is 23.0 Å². The minimum Gasteiger partial charge on any atom is -0.380 e. The van der Waals surface area contributed by atoms with Gasteiger partial charge in [0.2, 0.25) is 0 Å². The number of ether oxygens (including phenoxy) is 1. The summed E-state index contributed by atoms with van der Waals surface area (Å²) in [5.41, 5.74) is 1.53. The third-order valence-electron chi connectivity index (χ3n) is 2.95. The largest absolute Gasteiger partial charge is 0.380 e. The molecule has 0 radical (unpaired) electrons. The van der Waals surface area contributed by atoms with Gasteiger partial charge in [0, 0.05) is 31.6 Å². The lowest BCUT2D eigenvalue weighted by molar-refractivity contribution is -0.384. The summed E-state index contributed by atoms with van der Waals surface area (Å²) in [4.78, 5) is 12.8. The third kappa shape index (κ3) is 2.91. The molecule has 2 rings (SSSR count). The number of rotatable bonds is 3. The monoisotopic (exact) mass is 270 g/mol. The first-order chi connectivity index (χ1) is 8.72. The van der Waals surface area contributed by atoms with Crippen molar-refractivity contribution in [2.24, 2.45) is 0 Å². The molecule has 1 aromatic rings. The average molecular weight is 271 g/mol. The van der Waals surface area contributed by atoms with Crippen molar-refractivity contribution < 1.29 is 9.66 Å². The van der Waals surface area contributed by atoms with E-state index in [-0.39, 0.29) is 16.5 Å². The van der Waals surface area contributed by atoms with E-state index < -0.39 is 0 Å². The van der Waals surface area contributed by atoms with E-state index in [0.717, 1.165) is 18.5 Å². The highest BCUT2D eigenvalue weighted by atomic mass is 35.5. The van der Waals surface area contributed by atoms with E-state index in [2.05, 4.69) is 0 Å². The number of anilines is 1. The first-order valence-electron chi connectivity index (χ1n) is 5.88. The van der Waals surface area contributed by atoms with Crippen LogP contribution in [0.3, 0.4) is 0 Å². The van der Waals surface area contributed by atoms with Gasteiger partial charge in [0.25, 0.3) is 5.69 Å². The van der Waals surface area contributed by atoms with Crippen molar-refractivity contribution in [1.29, 1.82) is 0 Å². The number of nitro groups is 1. The Morgan fingerprint density at radius 3 is 2.94 bits per heavy atom. The Hall–Kier alpha value is -1.33. The van der Waals surface area contributed by atoms with Crippen molar-refractivity contribution in [2.45, 2.75) is 12.3 Å². The molecule has 98 valence electrons. The highest BCUT2D eigenvalue weighted by Crippen LogP contribution is 2.30. The summed E-state index contributed by atoms with van der Waals surface area (Å²) in [6.45, 7) is 2.78. The average Bonchev–Trinajstić information content (AvgIpc) is 2.66. The molecule has 0 saturated carbocycles.